The summed E-state index contributed by atoms with van der Waals surface area (Å²) in [5.74, 6) is -1.47. The van der Waals surface area contributed by atoms with Gasteiger partial charge in [0.05, 0.1) is 34.4 Å². The number of rotatable bonds is 43. The molecular formula is C51H92NO7+. The highest BCUT2D eigenvalue weighted by Crippen LogP contribution is 2.15. The highest BCUT2D eigenvalue weighted by molar-refractivity contribution is 5.72. The van der Waals surface area contributed by atoms with Crippen molar-refractivity contribution in [3.63, 3.8) is 0 Å². The van der Waals surface area contributed by atoms with Crippen LogP contribution in [0.15, 0.2) is 48.6 Å². The molecule has 0 fully saturated rings. The zero-order chi connectivity index (χ0) is 43.5. The van der Waals surface area contributed by atoms with Gasteiger partial charge >= 0.3 is 17.9 Å². The van der Waals surface area contributed by atoms with Crippen molar-refractivity contribution >= 4 is 17.9 Å². The molecule has 342 valence electrons. The molecule has 0 amide bonds. The number of esters is 2. The van der Waals surface area contributed by atoms with Crippen LogP contribution < -0.4 is 0 Å². The number of carboxylic acid groups (broad SMARTS) is 1. The van der Waals surface area contributed by atoms with E-state index in [0.717, 1.165) is 70.6 Å². The third-order valence-corrected chi connectivity index (χ3v) is 10.7. The van der Waals surface area contributed by atoms with E-state index in [0.29, 0.717) is 19.3 Å². The molecule has 0 rings (SSSR count). The number of hydrogen-bond donors (Lipinski definition) is 1. The predicted molar refractivity (Wildman–Crippen MR) is 248 cm³/mol. The zero-order valence-electron chi connectivity index (χ0n) is 39.0. The number of carbonyl (C=O) groups excluding carboxylic acids is 2. The fourth-order valence-electron chi connectivity index (χ4n) is 7.02. The predicted octanol–water partition coefficient (Wildman–Crippen LogP) is 13.6. The molecule has 0 radical (unpaired) electrons. The summed E-state index contributed by atoms with van der Waals surface area (Å²) in [5, 5.41) is 9.63. The number of allylic oxidation sites excluding steroid dienone is 8. The van der Waals surface area contributed by atoms with Crippen LogP contribution >= 0.6 is 0 Å². The molecule has 0 bridgehead atoms. The van der Waals surface area contributed by atoms with Crippen LogP contribution in [0.3, 0.4) is 0 Å². The summed E-state index contributed by atoms with van der Waals surface area (Å²) in [6.45, 7) is 4.63. The Morgan fingerprint density at radius 1 is 0.525 bits per heavy atom. The van der Waals surface area contributed by atoms with Crippen molar-refractivity contribution in [2.75, 3.05) is 41.0 Å². The third-order valence-electron chi connectivity index (χ3n) is 10.7. The zero-order valence-corrected chi connectivity index (χ0v) is 39.0. The van der Waals surface area contributed by atoms with Crippen LogP contribution in [-0.4, -0.2) is 80.6 Å². The molecule has 0 aliphatic heterocycles. The summed E-state index contributed by atoms with van der Waals surface area (Å²) in [6, 6.07) is -0.614. The molecule has 0 aromatic rings. The van der Waals surface area contributed by atoms with Gasteiger partial charge in [-0.15, -0.1) is 0 Å². The summed E-state index contributed by atoms with van der Waals surface area (Å²) >= 11 is 0. The van der Waals surface area contributed by atoms with Gasteiger partial charge in [-0.25, -0.2) is 4.79 Å². The normalized spacial score (nSPS) is 13.3. The maximum absolute atomic E-state index is 12.7. The van der Waals surface area contributed by atoms with Crippen LogP contribution in [0.4, 0.5) is 0 Å². The van der Waals surface area contributed by atoms with Crippen molar-refractivity contribution in [3.8, 4) is 0 Å². The van der Waals surface area contributed by atoms with Crippen LogP contribution in [0.2, 0.25) is 0 Å². The molecule has 0 heterocycles. The maximum atomic E-state index is 12.7. The van der Waals surface area contributed by atoms with Crippen LogP contribution in [0.25, 0.3) is 0 Å². The Bertz CT molecular complexity index is 1110. The van der Waals surface area contributed by atoms with E-state index < -0.39 is 18.1 Å². The Labute approximate surface area is 363 Å². The van der Waals surface area contributed by atoms with Gasteiger partial charge in [-0.3, -0.25) is 9.59 Å². The highest BCUT2D eigenvalue weighted by Gasteiger charge is 2.31. The van der Waals surface area contributed by atoms with Gasteiger partial charge in [-0.05, 0) is 51.4 Å². The minimum Gasteiger partial charge on any atom is -0.477 e. The number of likely N-dealkylation sites (N-methyl/N-ethyl adjacent to an activating group) is 1. The molecule has 0 aliphatic carbocycles. The Morgan fingerprint density at radius 2 is 0.949 bits per heavy atom. The Morgan fingerprint density at radius 3 is 1.41 bits per heavy atom. The molecule has 1 N–H and O–H groups in total. The lowest BCUT2D eigenvalue weighted by molar-refractivity contribution is -0.887. The first-order valence-corrected chi connectivity index (χ1v) is 24.2. The topological polar surface area (TPSA) is 99.1 Å². The standard InChI is InChI=1S/C51H91NO7/c1-6-8-10-12-14-16-18-20-21-22-23-24-25-26-27-28-30-31-33-35-37-39-41-49(53)58-46-47(45-57-44-43-48(51(55)56)52(3,4)5)59-50(54)42-40-38-36-34-32-29-19-17-15-13-11-9-7-2/h8,10,14,16,20-21,23-24,47-48H,6-7,9,11-13,15,17-19,22,25-46H2,1-5H3/p+1/b10-8+,16-14+,21-20+,24-23+. The molecule has 8 nitrogen and oxygen atoms in total. The summed E-state index contributed by atoms with van der Waals surface area (Å²) in [4.78, 5) is 37.1. The lowest BCUT2D eigenvalue weighted by Crippen LogP contribution is -2.50. The van der Waals surface area contributed by atoms with E-state index in [2.05, 4.69) is 62.5 Å². The van der Waals surface area contributed by atoms with Crippen LogP contribution in [0.5, 0.6) is 0 Å². The van der Waals surface area contributed by atoms with Crippen molar-refractivity contribution < 1.29 is 38.2 Å². The van der Waals surface area contributed by atoms with Gasteiger partial charge in [0.15, 0.2) is 12.1 Å². The molecule has 0 saturated carbocycles. The van der Waals surface area contributed by atoms with E-state index in [9.17, 15) is 19.5 Å². The van der Waals surface area contributed by atoms with E-state index in [-0.39, 0.29) is 36.2 Å². The van der Waals surface area contributed by atoms with Gasteiger partial charge in [-0.1, -0.05) is 184 Å². The number of hydrogen-bond acceptors (Lipinski definition) is 6. The monoisotopic (exact) mass is 831 g/mol. The molecule has 0 saturated heterocycles. The highest BCUT2D eigenvalue weighted by atomic mass is 16.6. The number of carboxylic acids is 1. The van der Waals surface area contributed by atoms with Crippen LogP contribution in [0, 0.1) is 0 Å². The van der Waals surface area contributed by atoms with Gasteiger partial charge in [0.25, 0.3) is 0 Å². The smallest absolute Gasteiger partial charge is 0.362 e. The minimum absolute atomic E-state index is 0.0524. The Balaban J connectivity index is 4.23. The van der Waals surface area contributed by atoms with Gasteiger partial charge in [0.2, 0.25) is 0 Å². The molecule has 2 unspecified atom stereocenters. The SMILES string of the molecule is CC/C=C/C/C=C/C/C=C/C/C=C/CCCCCCCCCCCC(=O)OCC(COCCC(C(=O)O)[N+](C)(C)C)OC(=O)CCCCCCCCCCCCCCC. The van der Waals surface area contributed by atoms with Gasteiger partial charge in [0, 0.05) is 19.3 Å². The lowest BCUT2D eigenvalue weighted by Gasteiger charge is -2.31. The third kappa shape index (κ3) is 40.5. The van der Waals surface area contributed by atoms with Crippen molar-refractivity contribution in [1.82, 2.24) is 0 Å². The fourth-order valence-corrected chi connectivity index (χ4v) is 7.02. The Kier molecular flexibility index (Phi) is 40.1. The number of unbranched alkanes of at least 4 members (excludes halogenated alkanes) is 21. The summed E-state index contributed by atoms with van der Waals surface area (Å²) in [7, 11) is 5.53. The molecule has 0 spiro atoms. The average Bonchev–Trinajstić information content (AvgIpc) is 3.19. The lowest BCUT2D eigenvalue weighted by atomic mass is 10.0. The molecule has 0 aliphatic rings. The number of ether oxygens (including phenoxy) is 3. The first-order chi connectivity index (χ1) is 28.6. The molecule has 2 atom stereocenters. The van der Waals surface area contributed by atoms with E-state index in [1.165, 1.54) is 103 Å². The van der Waals surface area contributed by atoms with Crippen molar-refractivity contribution in [1.29, 1.82) is 0 Å². The average molecular weight is 831 g/mol. The van der Waals surface area contributed by atoms with Crippen molar-refractivity contribution in [2.24, 2.45) is 0 Å². The first-order valence-electron chi connectivity index (χ1n) is 24.2. The molecule has 59 heavy (non-hydrogen) atoms. The first kappa shape index (κ1) is 56.3. The molecule has 8 heteroatoms. The maximum Gasteiger partial charge on any atom is 0.362 e. The number of nitrogens with zero attached hydrogens (tertiary/aromatic N) is 1. The van der Waals surface area contributed by atoms with E-state index in [1.807, 2.05) is 21.1 Å². The van der Waals surface area contributed by atoms with E-state index >= 15 is 0 Å². The van der Waals surface area contributed by atoms with Gasteiger partial charge in [-0.2, -0.15) is 0 Å². The Hall–Kier alpha value is -2.71. The minimum atomic E-state index is -0.875. The van der Waals surface area contributed by atoms with E-state index in [1.54, 1.807) is 0 Å². The van der Waals surface area contributed by atoms with Crippen molar-refractivity contribution in [3.05, 3.63) is 48.6 Å². The molecule has 0 aromatic heterocycles. The van der Waals surface area contributed by atoms with Crippen molar-refractivity contribution in [2.45, 2.75) is 219 Å². The summed E-state index contributed by atoms with van der Waals surface area (Å²) in [6.07, 6.45) is 50.1. The quantitative estimate of drug-likeness (QED) is 0.0283. The summed E-state index contributed by atoms with van der Waals surface area (Å²) in [5.41, 5.74) is 0. The van der Waals surface area contributed by atoms with Gasteiger partial charge < -0.3 is 23.8 Å². The largest absolute Gasteiger partial charge is 0.477 e. The van der Waals surface area contributed by atoms with Crippen LogP contribution in [0.1, 0.15) is 206 Å². The number of quaternary nitrogens is 1. The fraction of sp³-hybridized carbons (Fsp3) is 0.784. The second-order valence-corrected chi connectivity index (χ2v) is 17.3. The molecular weight excluding hydrogens is 739 g/mol. The van der Waals surface area contributed by atoms with E-state index in [4.69, 9.17) is 14.2 Å². The second kappa shape index (κ2) is 42.0. The van der Waals surface area contributed by atoms with Crippen LogP contribution in [-0.2, 0) is 28.6 Å². The number of aliphatic carboxylic acids is 1. The van der Waals surface area contributed by atoms with Gasteiger partial charge in [0.1, 0.15) is 6.61 Å². The number of carbonyl (C=O) groups is 3. The molecule has 0 aromatic carbocycles. The second-order valence-electron chi connectivity index (χ2n) is 17.3. The summed E-state index contributed by atoms with van der Waals surface area (Å²) < 4.78 is 17.3.